The van der Waals surface area contributed by atoms with E-state index in [-0.39, 0.29) is 0 Å². The molecular weight excluding hydrogens is 200 g/mol. The SMILES string of the molecule is Cc1ncc(NCCCC(C)CN)nc1C. The molecule has 0 spiro atoms. The lowest BCUT2D eigenvalue weighted by molar-refractivity contribution is 0.529. The molecule has 0 aromatic carbocycles. The van der Waals surface area contributed by atoms with Crippen LogP contribution in [0.15, 0.2) is 6.20 Å². The molecule has 1 unspecified atom stereocenters. The Kier molecular flexibility index (Phi) is 5.19. The molecular formula is C12H22N4. The highest BCUT2D eigenvalue weighted by molar-refractivity contribution is 5.32. The zero-order valence-corrected chi connectivity index (χ0v) is 10.5. The van der Waals surface area contributed by atoms with Gasteiger partial charge in [0.15, 0.2) is 0 Å². The minimum Gasteiger partial charge on any atom is -0.369 e. The van der Waals surface area contributed by atoms with E-state index in [4.69, 9.17) is 5.73 Å². The van der Waals surface area contributed by atoms with Crippen LogP contribution in [0.1, 0.15) is 31.2 Å². The number of nitrogens with zero attached hydrogens (tertiary/aromatic N) is 2. The second-order valence-electron chi connectivity index (χ2n) is 4.34. The topological polar surface area (TPSA) is 63.8 Å². The molecule has 0 radical (unpaired) electrons. The number of hydrogen-bond donors (Lipinski definition) is 2. The number of rotatable bonds is 6. The maximum atomic E-state index is 5.56. The molecule has 1 rings (SSSR count). The smallest absolute Gasteiger partial charge is 0.144 e. The molecule has 0 fully saturated rings. The van der Waals surface area contributed by atoms with E-state index in [0.717, 1.165) is 43.1 Å². The van der Waals surface area contributed by atoms with Crippen molar-refractivity contribution in [3.05, 3.63) is 17.6 Å². The second kappa shape index (κ2) is 6.43. The molecule has 0 aliphatic carbocycles. The first-order valence-electron chi connectivity index (χ1n) is 5.87. The average molecular weight is 222 g/mol. The molecule has 1 aromatic rings. The first-order chi connectivity index (χ1) is 7.63. The minimum atomic E-state index is 0.604. The molecule has 0 bridgehead atoms. The lowest BCUT2D eigenvalue weighted by Gasteiger charge is -2.09. The van der Waals surface area contributed by atoms with E-state index in [1.165, 1.54) is 0 Å². The van der Waals surface area contributed by atoms with Gasteiger partial charge in [-0.15, -0.1) is 0 Å². The van der Waals surface area contributed by atoms with E-state index in [9.17, 15) is 0 Å². The summed E-state index contributed by atoms with van der Waals surface area (Å²) in [6, 6.07) is 0. The highest BCUT2D eigenvalue weighted by Gasteiger charge is 2.00. The van der Waals surface area contributed by atoms with Crippen LogP contribution in [0.2, 0.25) is 0 Å². The Balaban J connectivity index is 2.29. The predicted octanol–water partition coefficient (Wildman–Crippen LogP) is 1.88. The quantitative estimate of drug-likeness (QED) is 0.721. The van der Waals surface area contributed by atoms with Gasteiger partial charge in [0.25, 0.3) is 0 Å². The van der Waals surface area contributed by atoms with Crippen molar-refractivity contribution in [3.63, 3.8) is 0 Å². The van der Waals surface area contributed by atoms with Crippen molar-refractivity contribution in [2.75, 3.05) is 18.4 Å². The molecule has 3 N–H and O–H groups in total. The fourth-order valence-electron chi connectivity index (χ4n) is 1.41. The number of anilines is 1. The molecule has 4 nitrogen and oxygen atoms in total. The van der Waals surface area contributed by atoms with Gasteiger partial charge in [-0.25, -0.2) is 4.98 Å². The lowest BCUT2D eigenvalue weighted by atomic mass is 10.1. The summed E-state index contributed by atoms with van der Waals surface area (Å²) >= 11 is 0. The number of hydrogen-bond acceptors (Lipinski definition) is 4. The Morgan fingerprint density at radius 3 is 2.75 bits per heavy atom. The summed E-state index contributed by atoms with van der Waals surface area (Å²) in [4.78, 5) is 8.67. The average Bonchev–Trinajstić information content (AvgIpc) is 2.28. The Hall–Kier alpha value is -1.16. The van der Waals surface area contributed by atoms with Crippen molar-refractivity contribution in [2.24, 2.45) is 11.7 Å². The number of nitrogens with one attached hydrogen (secondary N) is 1. The Morgan fingerprint density at radius 2 is 2.12 bits per heavy atom. The third-order valence-electron chi connectivity index (χ3n) is 2.77. The Morgan fingerprint density at radius 1 is 1.38 bits per heavy atom. The maximum Gasteiger partial charge on any atom is 0.144 e. The number of nitrogens with two attached hydrogens (primary N) is 1. The monoisotopic (exact) mass is 222 g/mol. The van der Waals surface area contributed by atoms with Gasteiger partial charge in [-0.3, -0.25) is 4.98 Å². The number of aryl methyl sites for hydroxylation is 2. The summed E-state index contributed by atoms with van der Waals surface area (Å²) < 4.78 is 0. The molecule has 0 saturated heterocycles. The number of aromatic nitrogens is 2. The van der Waals surface area contributed by atoms with Crippen molar-refractivity contribution in [1.82, 2.24) is 9.97 Å². The van der Waals surface area contributed by atoms with Crippen molar-refractivity contribution >= 4 is 5.82 Å². The third-order valence-corrected chi connectivity index (χ3v) is 2.77. The van der Waals surface area contributed by atoms with Crippen LogP contribution in [0.4, 0.5) is 5.82 Å². The fraction of sp³-hybridized carbons (Fsp3) is 0.667. The largest absolute Gasteiger partial charge is 0.369 e. The van der Waals surface area contributed by atoms with Gasteiger partial charge in [0.1, 0.15) is 5.82 Å². The van der Waals surface area contributed by atoms with Crippen LogP contribution in [-0.4, -0.2) is 23.1 Å². The molecule has 1 heterocycles. The highest BCUT2D eigenvalue weighted by Crippen LogP contribution is 2.07. The highest BCUT2D eigenvalue weighted by atomic mass is 15.0. The standard InChI is InChI=1S/C12H22N4/c1-9(7-13)5-4-6-14-12-8-15-10(2)11(3)16-12/h8-9H,4-7,13H2,1-3H3,(H,14,16). The lowest BCUT2D eigenvalue weighted by Crippen LogP contribution is -2.13. The van der Waals surface area contributed by atoms with Gasteiger partial charge in [-0.2, -0.15) is 0 Å². The van der Waals surface area contributed by atoms with Gasteiger partial charge < -0.3 is 11.1 Å². The summed E-state index contributed by atoms with van der Waals surface area (Å²) in [5.41, 5.74) is 7.53. The van der Waals surface area contributed by atoms with Gasteiger partial charge in [0, 0.05) is 6.54 Å². The van der Waals surface area contributed by atoms with Crippen LogP contribution in [0, 0.1) is 19.8 Å². The van der Waals surface area contributed by atoms with Crippen LogP contribution < -0.4 is 11.1 Å². The van der Waals surface area contributed by atoms with Crippen LogP contribution in [0.25, 0.3) is 0 Å². The van der Waals surface area contributed by atoms with Gasteiger partial charge in [-0.05, 0) is 39.2 Å². The summed E-state index contributed by atoms with van der Waals surface area (Å²) in [6.07, 6.45) is 4.06. The summed E-state index contributed by atoms with van der Waals surface area (Å²) in [6.45, 7) is 7.82. The van der Waals surface area contributed by atoms with E-state index >= 15 is 0 Å². The normalized spacial score (nSPS) is 12.5. The summed E-state index contributed by atoms with van der Waals surface area (Å²) in [7, 11) is 0. The van der Waals surface area contributed by atoms with Crippen LogP contribution in [-0.2, 0) is 0 Å². The second-order valence-corrected chi connectivity index (χ2v) is 4.34. The summed E-state index contributed by atoms with van der Waals surface area (Å²) in [5, 5.41) is 3.28. The first kappa shape index (κ1) is 12.9. The molecule has 1 atom stereocenters. The Bertz CT molecular complexity index is 325. The van der Waals surface area contributed by atoms with Crippen molar-refractivity contribution in [3.8, 4) is 0 Å². The zero-order valence-electron chi connectivity index (χ0n) is 10.5. The summed E-state index contributed by atoms with van der Waals surface area (Å²) in [5.74, 6) is 1.47. The van der Waals surface area contributed by atoms with Crippen molar-refractivity contribution in [1.29, 1.82) is 0 Å². The van der Waals surface area contributed by atoms with Crippen molar-refractivity contribution < 1.29 is 0 Å². The first-order valence-corrected chi connectivity index (χ1v) is 5.87. The maximum absolute atomic E-state index is 5.56. The fourth-order valence-corrected chi connectivity index (χ4v) is 1.41. The van der Waals surface area contributed by atoms with Crippen LogP contribution >= 0.6 is 0 Å². The molecule has 0 aliphatic rings. The third kappa shape index (κ3) is 4.14. The van der Waals surface area contributed by atoms with Gasteiger partial charge >= 0.3 is 0 Å². The molecule has 90 valence electrons. The minimum absolute atomic E-state index is 0.604. The predicted molar refractivity (Wildman–Crippen MR) is 67.4 cm³/mol. The van der Waals surface area contributed by atoms with Crippen LogP contribution in [0.5, 0.6) is 0 Å². The molecule has 4 heteroatoms. The van der Waals surface area contributed by atoms with E-state index in [1.54, 1.807) is 6.20 Å². The van der Waals surface area contributed by atoms with Gasteiger partial charge in [-0.1, -0.05) is 6.92 Å². The molecule has 0 amide bonds. The Labute approximate surface area is 97.7 Å². The molecule has 16 heavy (non-hydrogen) atoms. The van der Waals surface area contributed by atoms with E-state index in [1.807, 2.05) is 13.8 Å². The van der Waals surface area contributed by atoms with Crippen molar-refractivity contribution in [2.45, 2.75) is 33.6 Å². The molecule has 0 aliphatic heterocycles. The van der Waals surface area contributed by atoms with Gasteiger partial charge in [0.05, 0.1) is 17.6 Å². The molecule has 1 aromatic heterocycles. The van der Waals surface area contributed by atoms with E-state index in [0.29, 0.717) is 5.92 Å². The van der Waals surface area contributed by atoms with E-state index in [2.05, 4.69) is 22.2 Å². The molecule has 0 saturated carbocycles. The van der Waals surface area contributed by atoms with Crippen LogP contribution in [0.3, 0.4) is 0 Å². The van der Waals surface area contributed by atoms with E-state index < -0.39 is 0 Å². The zero-order chi connectivity index (χ0) is 12.0. The van der Waals surface area contributed by atoms with Gasteiger partial charge in [0.2, 0.25) is 0 Å².